The van der Waals surface area contributed by atoms with Crippen LogP contribution in [-0.2, 0) is 42.2 Å². The largest absolute Gasteiger partial charge is 0.383 e. The van der Waals surface area contributed by atoms with Crippen molar-refractivity contribution in [1.82, 2.24) is 4.90 Å². The van der Waals surface area contributed by atoms with Crippen molar-refractivity contribution in [2.45, 2.75) is 53.4 Å². The quantitative estimate of drug-likeness (QED) is 0.434. The maximum Gasteiger partial charge on any atom is 0.0405 e. The topological polar surface area (TPSA) is 27.3 Å². The fourth-order valence-electron chi connectivity index (χ4n) is 3.79. The second-order valence-electron chi connectivity index (χ2n) is 7.47. The van der Waals surface area contributed by atoms with Gasteiger partial charge in [-0.15, -0.1) is 0 Å². The number of para-hydroxylation sites is 2. The van der Waals surface area contributed by atoms with E-state index in [-0.39, 0.29) is 16.5 Å². The van der Waals surface area contributed by atoms with Crippen LogP contribution in [0.1, 0.15) is 49.9 Å². The van der Waals surface area contributed by atoms with Gasteiger partial charge in [-0.1, -0.05) is 64.1 Å². The minimum atomic E-state index is 0. The van der Waals surface area contributed by atoms with Gasteiger partial charge in [0.15, 0.2) is 0 Å². The Morgan fingerprint density at radius 2 is 0.931 bits per heavy atom. The number of nitrogens with one attached hydrogen (secondary N) is 2. The fraction of sp³-hybridized carbons (Fsp3) is 0.520. The molecule has 0 radical (unpaired) electrons. The summed E-state index contributed by atoms with van der Waals surface area (Å²) in [5.41, 5.74) is 8.39. The zero-order valence-electron chi connectivity index (χ0n) is 18.9. The molecule has 0 spiro atoms. The summed E-state index contributed by atoms with van der Waals surface area (Å²) in [6.45, 7) is 13.0. The summed E-state index contributed by atoms with van der Waals surface area (Å²) >= 11 is 0. The first kappa shape index (κ1) is 25.5. The monoisotopic (exact) mass is 439 g/mol. The van der Waals surface area contributed by atoms with E-state index in [1.54, 1.807) is 0 Å². The molecule has 0 aromatic heterocycles. The first-order valence-corrected chi connectivity index (χ1v) is 11.0. The van der Waals surface area contributed by atoms with Crippen LogP contribution in [0.2, 0.25) is 0 Å². The molecule has 2 rings (SSSR count). The molecule has 0 saturated carbocycles. The van der Waals surface area contributed by atoms with Crippen LogP contribution in [0, 0.1) is 0 Å². The molecule has 29 heavy (non-hydrogen) atoms. The molecule has 0 aliphatic carbocycles. The van der Waals surface area contributed by atoms with E-state index in [2.05, 4.69) is 86.7 Å². The normalized spacial score (nSPS) is 10.7. The number of rotatable bonds is 12. The van der Waals surface area contributed by atoms with Crippen molar-refractivity contribution in [2.24, 2.45) is 0 Å². The third-order valence-electron chi connectivity index (χ3n) is 5.59. The molecule has 0 fully saturated rings. The van der Waals surface area contributed by atoms with Crippen molar-refractivity contribution < 1.29 is 16.5 Å². The Balaban J connectivity index is 0.00000420. The van der Waals surface area contributed by atoms with Gasteiger partial charge >= 0.3 is 0 Å². The van der Waals surface area contributed by atoms with E-state index in [1.165, 1.54) is 33.6 Å². The summed E-state index contributed by atoms with van der Waals surface area (Å²) in [6, 6.07) is 13.3. The molecule has 3 nitrogen and oxygen atoms in total. The maximum atomic E-state index is 3.70. The molecule has 0 atom stereocenters. The van der Waals surface area contributed by atoms with Gasteiger partial charge in [-0.3, -0.25) is 0 Å². The average Bonchev–Trinajstić information content (AvgIpc) is 2.73. The number of anilines is 2. The van der Waals surface area contributed by atoms with Gasteiger partial charge in [-0.25, -0.2) is 0 Å². The molecular weight excluding hydrogens is 401 g/mol. The molecule has 2 aromatic carbocycles. The fourth-order valence-corrected chi connectivity index (χ4v) is 3.79. The van der Waals surface area contributed by atoms with Crippen molar-refractivity contribution in [1.29, 1.82) is 0 Å². The second-order valence-corrected chi connectivity index (χ2v) is 7.47. The smallest absolute Gasteiger partial charge is 0.0405 e. The number of aryl methyl sites for hydroxylation is 4. The number of nitrogens with zero attached hydrogens (tertiary/aromatic N) is 1. The molecule has 0 amide bonds. The minimum absolute atomic E-state index is 0. The van der Waals surface area contributed by atoms with Crippen LogP contribution in [0.15, 0.2) is 36.4 Å². The predicted molar refractivity (Wildman–Crippen MR) is 125 cm³/mol. The molecule has 0 aliphatic heterocycles. The van der Waals surface area contributed by atoms with E-state index in [0.717, 1.165) is 51.9 Å². The predicted octanol–water partition coefficient (Wildman–Crippen LogP) is 5.39. The summed E-state index contributed by atoms with van der Waals surface area (Å²) < 4.78 is 0. The Labute approximate surface area is 188 Å². The first-order chi connectivity index (χ1) is 13.6. The van der Waals surface area contributed by atoms with Crippen molar-refractivity contribution >= 4 is 11.4 Å². The van der Waals surface area contributed by atoms with Crippen LogP contribution >= 0.6 is 0 Å². The van der Waals surface area contributed by atoms with Crippen molar-refractivity contribution in [3.05, 3.63) is 58.7 Å². The zero-order valence-corrected chi connectivity index (χ0v) is 19.9. The molecule has 0 bridgehead atoms. The second kappa shape index (κ2) is 13.7. The third kappa shape index (κ3) is 7.35. The standard InChI is InChI=1S/C25H39N3.Ni/c1-6-20-12-10-13-21(7-2)24(20)26-16-18-28(5)19-17-27-25-22(8-3)14-11-15-23(25)9-4;/h10-15,26-27H,6-9,16-19H2,1-5H3;. The summed E-state index contributed by atoms with van der Waals surface area (Å²) in [6.07, 6.45) is 4.30. The Kier molecular flexibility index (Phi) is 12.0. The number of likely N-dealkylation sites (N-methyl/N-ethyl adjacent to an activating group) is 1. The van der Waals surface area contributed by atoms with Gasteiger partial charge in [-0.05, 0) is 55.0 Å². The number of hydrogen-bond acceptors (Lipinski definition) is 3. The summed E-state index contributed by atoms with van der Waals surface area (Å²) in [7, 11) is 2.21. The van der Waals surface area contributed by atoms with E-state index in [9.17, 15) is 0 Å². The summed E-state index contributed by atoms with van der Waals surface area (Å²) in [5, 5.41) is 7.39. The van der Waals surface area contributed by atoms with Gasteiger partial charge in [0.05, 0.1) is 0 Å². The van der Waals surface area contributed by atoms with Crippen LogP contribution < -0.4 is 10.6 Å². The summed E-state index contributed by atoms with van der Waals surface area (Å²) in [5.74, 6) is 0. The number of hydrogen-bond donors (Lipinski definition) is 2. The third-order valence-corrected chi connectivity index (χ3v) is 5.59. The van der Waals surface area contributed by atoms with Crippen LogP contribution in [-0.4, -0.2) is 38.1 Å². The summed E-state index contributed by atoms with van der Waals surface area (Å²) in [4.78, 5) is 2.40. The van der Waals surface area contributed by atoms with Crippen LogP contribution in [0.25, 0.3) is 0 Å². The molecule has 164 valence electrons. The minimum Gasteiger partial charge on any atom is -0.383 e. The Bertz CT molecular complexity index is 624. The van der Waals surface area contributed by atoms with Gasteiger partial charge in [0.25, 0.3) is 0 Å². The maximum absolute atomic E-state index is 3.70. The van der Waals surface area contributed by atoms with Crippen LogP contribution in [0.5, 0.6) is 0 Å². The first-order valence-electron chi connectivity index (χ1n) is 11.0. The van der Waals surface area contributed by atoms with Crippen LogP contribution in [0.4, 0.5) is 11.4 Å². The van der Waals surface area contributed by atoms with Crippen molar-refractivity contribution in [3.63, 3.8) is 0 Å². The number of benzene rings is 2. The van der Waals surface area contributed by atoms with Gasteiger partial charge < -0.3 is 15.5 Å². The van der Waals surface area contributed by atoms with Gasteiger partial charge in [0, 0.05) is 54.0 Å². The van der Waals surface area contributed by atoms with E-state index in [4.69, 9.17) is 0 Å². The Hall–Kier alpha value is -1.51. The van der Waals surface area contributed by atoms with E-state index in [1.807, 2.05) is 0 Å². The Morgan fingerprint density at radius 3 is 1.21 bits per heavy atom. The Morgan fingerprint density at radius 1 is 0.621 bits per heavy atom. The van der Waals surface area contributed by atoms with Gasteiger partial charge in [-0.2, -0.15) is 0 Å². The molecule has 0 heterocycles. The van der Waals surface area contributed by atoms with E-state index < -0.39 is 0 Å². The molecule has 4 heteroatoms. The zero-order chi connectivity index (χ0) is 20.4. The van der Waals surface area contributed by atoms with Crippen molar-refractivity contribution in [3.8, 4) is 0 Å². The average molecular weight is 440 g/mol. The van der Waals surface area contributed by atoms with E-state index >= 15 is 0 Å². The van der Waals surface area contributed by atoms with E-state index in [0.29, 0.717) is 0 Å². The molecule has 2 N–H and O–H groups in total. The SMILES string of the molecule is CCc1cccc(CC)c1NCCN(C)CCNc1c(CC)cccc1CC.[Ni]. The molecule has 0 saturated heterocycles. The van der Waals surface area contributed by atoms with Gasteiger partial charge in [0.2, 0.25) is 0 Å². The molecule has 0 unspecified atom stereocenters. The molecular formula is C25H39N3Ni. The molecule has 0 aliphatic rings. The van der Waals surface area contributed by atoms with Gasteiger partial charge in [0.1, 0.15) is 0 Å². The molecule has 2 aromatic rings. The van der Waals surface area contributed by atoms with Crippen molar-refractivity contribution in [2.75, 3.05) is 43.9 Å². The van der Waals surface area contributed by atoms with Crippen LogP contribution in [0.3, 0.4) is 0 Å².